The Morgan fingerprint density at radius 1 is 0.513 bits per heavy atom. The van der Waals surface area contributed by atoms with Crippen LogP contribution in [0.1, 0.15) is 58.1 Å². The fourth-order valence-corrected chi connectivity index (χ4v) is 5.00. The van der Waals surface area contributed by atoms with Gasteiger partial charge in [-0.05, 0) is 60.7 Å². The summed E-state index contributed by atoms with van der Waals surface area (Å²) < 4.78 is 0. The minimum absolute atomic E-state index is 0.00590. The average Bonchev–Trinajstić information content (AvgIpc) is 2.94. The summed E-state index contributed by atoms with van der Waals surface area (Å²) in [5, 5.41) is 28.1. The van der Waals surface area contributed by atoms with E-state index in [1.54, 1.807) is 0 Å². The van der Waals surface area contributed by atoms with Crippen molar-refractivity contribution in [3.05, 3.63) is 99.6 Å². The summed E-state index contributed by atoms with van der Waals surface area (Å²) in [7, 11) is 0. The van der Waals surface area contributed by atoms with Crippen LogP contribution in [0.3, 0.4) is 0 Å². The number of nitrogens with two attached hydrogens (primary N) is 1. The van der Waals surface area contributed by atoms with Gasteiger partial charge in [0.15, 0.2) is 0 Å². The normalized spacial score (nSPS) is 13.8. The summed E-state index contributed by atoms with van der Waals surface area (Å²) in [6.07, 6.45) is 0. The molecule has 4 aromatic rings. The Hall–Kier alpha value is -6.31. The molecule has 2 aliphatic heterocycles. The highest BCUT2D eigenvalue weighted by Gasteiger charge is 2.40. The third-order valence-corrected chi connectivity index (χ3v) is 6.81. The lowest BCUT2D eigenvalue weighted by atomic mass is 9.85. The van der Waals surface area contributed by atoms with Crippen LogP contribution in [-0.2, 0) is 0 Å². The predicted molar refractivity (Wildman–Crippen MR) is 138 cm³/mol. The predicted octanol–water partition coefficient (Wildman–Crippen LogP) is 3.64. The smallest absolute Gasteiger partial charge is 0.265 e. The molecule has 10 nitrogen and oxygen atoms in total. The number of amides is 4. The zero-order chi connectivity index (χ0) is 27.6. The first-order chi connectivity index (χ1) is 18.8. The monoisotopic (exact) mass is 508 g/mol. The third kappa shape index (κ3) is 3.05. The van der Waals surface area contributed by atoms with Gasteiger partial charge in [-0.1, -0.05) is 0 Å². The second-order valence-corrected chi connectivity index (χ2v) is 8.80. The molecule has 0 radical (unpaired) electrons. The van der Waals surface area contributed by atoms with E-state index < -0.39 is 23.6 Å². The average molecular weight is 508 g/mol. The van der Waals surface area contributed by atoms with Gasteiger partial charge in [-0.25, -0.2) is 9.80 Å². The van der Waals surface area contributed by atoms with Crippen molar-refractivity contribution < 1.29 is 19.2 Å². The van der Waals surface area contributed by atoms with E-state index in [-0.39, 0.29) is 66.8 Å². The molecule has 4 amide bonds. The Morgan fingerprint density at radius 3 is 1.28 bits per heavy atom. The molecule has 4 aromatic carbocycles. The molecule has 182 valence electrons. The zero-order valence-electron chi connectivity index (χ0n) is 19.7. The summed E-state index contributed by atoms with van der Waals surface area (Å²) in [6.45, 7) is 0. The number of nitriles is 3. The first-order valence-corrected chi connectivity index (χ1v) is 11.4. The molecule has 2 heterocycles. The molecule has 0 saturated heterocycles. The quantitative estimate of drug-likeness (QED) is 0.316. The summed E-state index contributed by atoms with van der Waals surface area (Å²) in [4.78, 5) is 56.1. The number of carbonyl (C=O) groups is 4. The van der Waals surface area contributed by atoms with E-state index in [0.29, 0.717) is 0 Å². The second-order valence-electron chi connectivity index (χ2n) is 8.80. The second kappa shape index (κ2) is 8.10. The Balaban J connectivity index is 1.52. The van der Waals surface area contributed by atoms with Crippen LogP contribution in [0.5, 0.6) is 0 Å². The molecular formula is C29H12N6O4. The highest BCUT2D eigenvalue weighted by atomic mass is 16.2. The van der Waals surface area contributed by atoms with Crippen LogP contribution >= 0.6 is 0 Å². The van der Waals surface area contributed by atoms with Crippen LogP contribution in [0.15, 0.2) is 60.7 Å². The summed E-state index contributed by atoms with van der Waals surface area (Å²) in [5.74, 6) is -2.75. The maximum atomic E-state index is 13.6. The van der Waals surface area contributed by atoms with Crippen LogP contribution in [0.25, 0.3) is 10.8 Å². The molecule has 0 aliphatic carbocycles. The van der Waals surface area contributed by atoms with Gasteiger partial charge in [-0.3, -0.25) is 19.2 Å². The van der Waals surface area contributed by atoms with Gasteiger partial charge < -0.3 is 5.73 Å². The van der Waals surface area contributed by atoms with Crippen molar-refractivity contribution >= 4 is 51.5 Å². The molecule has 0 spiro atoms. The fraction of sp³-hybridized carbons (Fsp3) is 0. The minimum Gasteiger partial charge on any atom is -0.398 e. The SMILES string of the molecule is N#Cc1ccc(N2C(=O)c3ccc4c5c(ccc(c35)C2=O)C(=O)N(c2ccc(C#N)c(C#N)c2)C4=O)cc1N. The standard InChI is InChI=1S/C29H12N6O4/c30-11-14-1-3-17(9-16(14)13-32)34-26(36)19-5-7-21-25-22(8-6-20(24(19)25)27(34)37)29(39)35(28(21)38)18-4-2-15(12-31)23(33)10-18/h1-10H,33H2. The molecule has 0 aromatic heterocycles. The molecule has 0 fully saturated rings. The Kier molecular flexibility index (Phi) is 4.80. The summed E-state index contributed by atoms with van der Waals surface area (Å²) in [6, 6.07) is 19.6. The van der Waals surface area contributed by atoms with Gasteiger partial charge in [0, 0.05) is 33.0 Å². The molecule has 10 heteroatoms. The number of rotatable bonds is 2. The third-order valence-electron chi connectivity index (χ3n) is 6.81. The number of hydrogen-bond donors (Lipinski definition) is 1. The molecule has 0 bridgehead atoms. The zero-order valence-corrected chi connectivity index (χ0v) is 19.7. The van der Waals surface area contributed by atoms with Crippen LogP contribution in [0.2, 0.25) is 0 Å². The highest BCUT2D eigenvalue weighted by molar-refractivity contribution is 6.42. The first kappa shape index (κ1) is 23.1. The van der Waals surface area contributed by atoms with E-state index in [9.17, 15) is 29.7 Å². The molecule has 39 heavy (non-hydrogen) atoms. The van der Waals surface area contributed by atoms with E-state index >= 15 is 0 Å². The van der Waals surface area contributed by atoms with Gasteiger partial charge in [0.25, 0.3) is 23.6 Å². The fourth-order valence-electron chi connectivity index (χ4n) is 5.00. The maximum Gasteiger partial charge on any atom is 0.265 e. The van der Waals surface area contributed by atoms with Crippen molar-refractivity contribution in [3.63, 3.8) is 0 Å². The van der Waals surface area contributed by atoms with Crippen LogP contribution in [0, 0.1) is 34.0 Å². The van der Waals surface area contributed by atoms with E-state index in [0.717, 1.165) is 9.80 Å². The largest absolute Gasteiger partial charge is 0.398 e. The first-order valence-electron chi connectivity index (χ1n) is 11.4. The van der Waals surface area contributed by atoms with Crippen molar-refractivity contribution in [2.45, 2.75) is 0 Å². The van der Waals surface area contributed by atoms with E-state index in [1.165, 1.54) is 60.7 Å². The van der Waals surface area contributed by atoms with Crippen molar-refractivity contribution in [3.8, 4) is 18.2 Å². The Morgan fingerprint density at radius 2 is 0.897 bits per heavy atom. The number of nitrogens with zero attached hydrogens (tertiary/aromatic N) is 5. The minimum atomic E-state index is -0.702. The molecule has 0 atom stereocenters. The number of carbonyl (C=O) groups excluding carboxylic acids is 4. The number of benzene rings is 4. The van der Waals surface area contributed by atoms with Crippen LogP contribution < -0.4 is 15.5 Å². The molecule has 2 aliphatic rings. The molecule has 6 rings (SSSR count). The topological polar surface area (TPSA) is 172 Å². The highest BCUT2D eigenvalue weighted by Crippen LogP contribution is 2.40. The lowest BCUT2D eigenvalue weighted by molar-refractivity contribution is 0.0873. The van der Waals surface area contributed by atoms with Gasteiger partial charge in [0.05, 0.1) is 33.8 Å². The lowest BCUT2D eigenvalue weighted by Crippen LogP contribution is -2.43. The van der Waals surface area contributed by atoms with Crippen molar-refractivity contribution in [1.82, 2.24) is 0 Å². The summed E-state index contributed by atoms with van der Waals surface area (Å²) in [5.41, 5.74) is 7.03. The van der Waals surface area contributed by atoms with E-state index in [1.807, 2.05) is 18.2 Å². The van der Waals surface area contributed by atoms with Gasteiger partial charge >= 0.3 is 0 Å². The van der Waals surface area contributed by atoms with Crippen LogP contribution in [-0.4, -0.2) is 23.6 Å². The van der Waals surface area contributed by atoms with Gasteiger partial charge in [-0.15, -0.1) is 0 Å². The van der Waals surface area contributed by atoms with Crippen molar-refractivity contribution in [2.75, 3.05) is 15.5 Å². The number of nitrogen functional groups attached to an aromatic ring is 1. The molecule has 0 unspecified atom stereocenters. The molecule has 0 saturated carbocycles. The Bertz CT molecular complexity index is 1940. The summed E-state index contributed by atoms with van der Waals surface area (Å²) >= 11 is 0. The van der Waals surface area contributed by atoms with E-state index in [2.05, 4.69) is 0 Å². The number of anilines is 3. The van der Waals surface area contributed by atoms with Crippen LogP contribution in [0.4, 0.5) is 17.1 Å². The number of hydrogen-bond acceptors (Lipinski definition) is 8. The lowest BCUT2D eigenvalue weighted by Gasteiger charge is -2.32. The Labute approximate surface area is 219 Å². The van der Waals surface area contributed by atoms with Crippen molar-refractivity contribution in [2.24, 2.45) is 0 Å². The maximum absolute atomic E-state index is 13.6. The number of imide groups is 2. The molecule has 2 N–H and O–H groups in total. The van der Waals surface area contributed by atoms with Gasteiger partial charge in [0.2, 0.25) is 0 Å². The van der Waals surface area contributed by atoms with Gasteiger partial charge in [0.1, 0.15) is 18.2 Å². The van der Waals surface area contributed by atoms with Crippen molar-refractivity contribution in [1.29, 1.82) is 15.8 Å². The molecular weight excluding hydrogens is 496 g/mol. The van der Waals surface area contributed by atoms with Gasteiger partial charge in [-0.2, -0.15) is 15.8 Å². The van der Waals surface area contributed by atoms with E-state index in [4.69, 9.17) is 11.0 Å².